The number of nitrogens with one attached hydrogen (secondary N) is 2. The number of hydrogen-bond acceptors (Lipinski definition) is 5. The van der Waals surface area contributed by atoms with E-state index in [2.05, 4.69) is 20.7 Å². The number of carbonyl (C=O) groups is 2. The van der Waals surface area contributed by atoms with E-state index in [0.717, 1.165) is 11.3 Å². The van der Waals surface area contributed by atoms with Crippen molar-refractivity contribution in [3.63, 3.8) is 0 Å². The second kappa shape index (κ2) is 9.45. The highest BCUT2D eigenvalue weighted by molar-refractivity contribution is 5.93. The van der Waals surface area contributed by atoms with Gasteiger partial charge in [-0.15, -0.1) is 0 Å². The number of carbonyl (C=O) groups excluding carboxylic acids is 1. The maximum atomic E-state index is 13.4. The van der Waals surface area contributed by atoms with E-state index in [9.17, 15) is 22.4 Å². The minimum Gasteiger partial charge on any atom is -0.492 e. The fourth-order valence-corrected chi connectivity index (χ4v) is 2.84. The van der Waals surface area contributed by atoms with Crippen LogP contribution in [-0.2, 0) is 16.0 Å². The first-order valence-electron chi connectivity index (χ1n) is 9.12. The van der Waals surface area contributed by atoms with Gasteiger partial charge < -0.3 is 15.2 Å². The Bertz CT molecular complexity index is 1090. The number of aliphatic carboxylic acids is 1. The highest BCUT2D eigenvalue weighted by Gasteiger charge is 2.38. The Kier molecular flexibility index (Phi) is 6.71. The molecule has 1 aliphatic heterocycles. The first-order chi connectivity index (χ1) is 15.1. The molecule has 32 heavy (non-hydrogen) atoms. The molecule has 1 aromatic heterocycles. The normalized spacial score (nSPS) is 14.9. The number of alkyl halides is 3. The van der Waals surface area contributed by atoms with Gasteiger partial charge in [0.15, 0.2) is 0 Å². The zero-order valence-electron chi connectivity index (χ0n) is 16.2. The van der Waals surface area contributed by atoms with Crippen LogP contribution in [0.25, 0.3) is 11.3 Å². The summed E-state index contributed by atoms with van der Waals surface area (Å²) in [7, 11) is 0. The molecule has 4 rings (SSSR count). The maximum Gasteiger partial charge on any atom is 0.490 e. The molecule has 1 atom stereocenters. The summed E-state index contributed by atoms with van der Waals surface area (Å²) in [5, 5.41) is 20.3. The van der Waals surface area contributed by atoms with E-state index in [1.807, 2.05) is 12.1 Å². The number of aromatic nitrogens is 3. The number of halogens is 4. The third-order valence-electron chi connectivity index (χ3n) is 4.41. The number of fused-ring (bicyclic) bond motifs is 1. The topological polar surface area (TPSA) is 117 Å². The van der Waals surface area contributed by atoms with E-state index >= 15 is 0 Å². The molecule has 1 aliphatic rings. The van der Waals surface area contributed by atoms with Crippen LogP contribution >= 0.6 is 0 Å². The summed E-state index contributed by atoms with van der Waals surface area (Å²) < 4.78 is 50.7. The van der Waals surface area contributed by atoms with E-state index in [4.69, 9.17) is 14.6 Å². The Morgan fingerprint density at radius 2 is 1.84 bits per heavy atom. The maximum absolute atomic E-state index is 13.4. The van der Waals surface area contributed by atoms with E-state index in [1.54, 1.807) is 24.4 Å². The van der Waals surface area contributed by atoms with Gasteiger partial charge in [-0.1, -0.05) is 12.1 Å². The molecule has 0 spiro atoms. The molecule has 0 fully saturated rings. The van der Waals surface area contributed by atoms with Crippen molar-refractivity contribution in [3.05, 3.63) is 60.0 Å². The molecule has 0 bridgehead atoms. The number of hydrogen-bond donors (Lipinski definition) is 3. The SMILES string of the molecule is O=C(Nc1ccc(-c2cn[nH]n2)cc1)C1COc2ccc(F)cc2C1.O=C(O)C(F)(F)F. The number of amides is 1. The first-order valence-corrected chi connectivity index (χ1v) is 9.12. The van der Waals surface area contributed by atoms with Crippen LogP contribution in [0.15, 0.2) is 48.7 Å². The minimum atomic E-state index is -5.08. The summed E-state index contributed by atoms with van der Waals surface area (Å²) in [5.41, 5.74) is 3.03. The van der Waals surface area contributed by atoms with Crippen molar-refractivity contribution in [2.45, 2.75) is 12.6 Å². The number of benzene rings is 2. The number of carboxylic acids is 1. The van der Waals surface area contributed by atoms with Crippen molar-refractivity contribution in [1.29, 1.82) is 0 Å². The lowest BCUT2D eigenvalue weighted by Gasteiger charge is -2.24. The predicted molar refractivity (Wildman–Crippen MR) is 103 cm³/mol. The molecule has 0 radical (unpaired) electrons. The molecular formula is C20H16F4N4O4. The molecule has 168 valence electrons. The first kappa shape index (κ1) is 22.7. The van der Waals surface area contributed by atoms with Crippen LogP contribution in [0.2, 0.25) is 0 Å². The molecule has 0 saturated carbocycles. The molecule has 0 aliphatic carbocycles. The number of anilines is 1. The third-order valence-corrected chi connectivity index (χ3v) is 4.41. The summed E-state index contributed by atoms with van der Waals surface area (Å²) in [5.74, 6) is -2.95. The van der Waals surface area contributed by atoms with Gasteiger partial charge in [0, 0.05) is 11.3 Å². The summed E-state index contributed by atoms with van der Waals surface area (Å²) in [6, 6.07) is 11.7. The van der Waals surface area contributed by atoms with Crippen LogP contribution < -0.4 is 10.1 Å². The Balaban J connectivity index is 0.000000360. The highest BCUT2D eigenvalue weighted by atomic mass is 19.4. The molecule has 3 N–H and O–H groups in total. The molecule has 0 saturated heterocycles. The monoisotopic (exact) mass is 452 g/mol. The Morgan fingerprint density at radius 3 is 2.44 bits per heavy atom. The number of aromatic amines is 1. The number of ether oxygens (including phenoxy) is 1. The van der Waals surface area contributed by atoms with E-state index in [1.165, 1.54) is 12.1 Å². The molecule has 1 unspecified atom stereocenters. The van der Waals surface area contributed by atoms with Crippen molar-refractivity contribution >= 4 is 17.6 Å². The van der Waals surface area contributed by atoms with Crippen LogP contribution in [-0.4, -0.2) is 45.2 Å². The summed E-state index contributed by atoms with van der Waals surface area (Å²) in [6.45, 7) is 0.279. The number of nitrogens with zero attached hydrogens (tertiary/aromatic N) is 2. The summed E-state index contributed by atoms with van der Waals surface area (Å²) in [6.07, 6.45) is -3.00. The Morgan fingerprint density at radius 1 is 1.16 bits per heavy atom. The average molecular weight is 452 g/mol. The third kappa shape index (κ3) is 5.80. The van der Waals surface area contributed by atoms with Crippen molar-refractivity contribution in [1.82, 2.24) is 15.4 Å². The molecule has 2 heterocycles. The van der Waals surface area contributed by atoms with Crippen LogP contribution in [0.1, 0.15) is 5.56 Å². The zero-order chi connectivity index (χ0) is 23.3. The summed E-state index contributed by atoms with van der Waals surface area (Å²) >= 11 is 0. The Hall–Kier alpha value is -3.96. The van der Waals surface area contributed by atoms with Gasteiger partial charge in [0.25, 0.3) is 0 Å². The number of rotatable bonds is 3. The number of H-pyrrole nitrogens is 1. The van der Waals surface area contributed by atoms with Crippen molar-refractivity contribution < 1.29 is 37.0 Å². The highest BCUT2D eigenvalue weighted by Crippen LogP contribution is 2.28. The van der Waals surface area contributed by atoms with Crippen LogP contribution in [0.5, 0.6) is 5.75 Å². The van der Waals surface area contributed by atoms with Crippen LogP contribution in [0.4, 0.5) is 23.2 Å². The zero-order valence-corrected chi connectivity index (χ0v) is 16.2. The summed E-state index contributed by atoms with van der Waals surface area (Å²) in [4.78, 5) is 21.4. The van der Waals surface area contributed by atoms with Gasteiger partial charge in [0.2, 0.25) is 5.91 Å². The van der Waals surface area contributed by atoms with E-state index < -0.39 is 12.1 Å². The van der Waals surface area contributed by atoms with Gasteiger partial charge in [0.05, 0.1) is 12.1 Å². The molecule has 1 amide bonds. The smallest absolute Gasteiger partial charge is 0.490 e. The van der Waals surface area contributed by atoms with E-state index in [0.29, 0.717) is 23.4 Å². The van der Waals surface area contributed by atoms with E-state index in [-0.39, 0.29) is 24.2 Å². The minimum absolute atomic E-state index is 0.149. The number of carboxylic acid groups (broad SMARTS) is 1. The second-order valence-corrected chi connectivity index (χ2v) is 6.69. The standard InChI is InChI=1S/C18H15FN4O2.C2HF3O2/c19-14-3-6-17-12(8-14)7-13(10-25-17)18(24)21-15-4-1-11(2-5-15)16-9-20-23-22-16;3-2(4,5)1(6)7/h1-6,8-9,13H,7,10H2,(H,21,24)(H,20,22,23);(H,6,7). The van der Waals surface area contributed by atoms with Gasteiger partial charge >= 0.3 is 12.1 Å². The van der Waals surface area contributed by atoms with Gasteiger partial charge in [0.1, 0.15) is 23.9 Å². The largest absolute Gasteiger partial charge is 0.492 e. The van der Waals surface area contributed by atoms with Gasteiger partial charge in [-0.3, -0.25) is 4.79 Å². The fourth-order valence-electron chi connectivity index (χ4n) is 2.84. The Labute approximate surface area is 178 Å². The van der Waals surface area contributed by atoms with Gasteiger partial charge in [-0.05, 0) is 42.3 Å². The predicted octanol–water partition coefficient (Wildman–Crippen LogP) is 3.43. The van der Waals surface area contributed by atoms with Crippen molar-refractivity contribution in [2.24, 2.45) is 5.92 Å². The average Bonchev–Trinajstić information content (AvgIpc) is 3.28. The molecular weight excluding hydrogens is 436 g/mol. The lowest BCUT2D eigenvalue weighted by molar-refractivity contribution is -0.192. The van der Waals surface area contributed by atoms with Crippen molar-refractivity contribution in [2.75, 3.05) is 11.9 Å². The quantitative estimate of drug-likeness (QED) is 0.524. The van der Waals surface area contributed by atoms with Gasteiger partial charge in [-0.2, -0.15) is 28.6 Å². The second-order valence-electron chi connectivity index (χ2n) is 6.69. The van der Waals surface area contributed by atoms with Gasteiger partial charge in [-0.25, -0.2) is 9.18 Å². The molecule has 12 heteroatoms. The molecule has 3 aromatic rings. The molecule has 2 aromatic carbocycles. The fraction of sp³-hybridized carbons (Fsp3) is 0.200. The van der Waals surface area contributed by atoms with Crippen LogP contribution in [0, 0.1) is 11.7 Å². The van der Waals surface area contributed by atoms with Crippen LogP contribution in [0.3, 0.4) is 0 Å². The molecule has 8 nitrogen and oxygen atoms in total. The lowest BCUT2D eigenvalue weighted by atomic mass is 9.96. The lowest BCUT2D eigenvalue weighted by Crippen LogP contribution is -2.32. The van der Waals surface area contributed by atoms with Crippen molar-refractivity contribution in [3.8, 4) is 17.0 Å².